The van der Waals surface area contributed by atoms with Gasteiger partial charge in [0.1, 0.15) is 0 Å². The molecule has 0 aromatic heterocycles. The third kappa shape index (κ3) is 4.51. The Labute approximate surface area is 122 Å². The van der Waals surface area contributed by atoms with Gasteiger partial charge in [0.25, 0.3) is 0 Å². The van der Waals surface area contributed by atoms with Crippen LogP contribution in [-0.2, 0) is 4.79 Å². The standard InChI is InChI=1S/C15H24N2O.ClH/c1-9(2)13-8-6-7-10(3)14(13)17-15(18)11(4)12(5)16;/h6-9,11-12H,16H2,1-5H3,(H,17,18);1H. The van der Waals surface area contributed by atoms with E-state index in [0.717, 1.165) is 11.3 Å². The third-order valence-electron chi connectivity index (χ3n) is 3.38. The molecule has 0 radical (unpaired) electrons. The second-order valence-electron chi connectivity index (χ2n) is 5.33. The van der Waals surface area contributed by atoms with Crippen LogP contribution in [0, 0.1) is 12.8 Å². The van der Waals surface area contributed by atoms with Gasteiger partial charge >= 0.3 is 0 Å². The highest BCUT2D eigenvalue weighted by molar-refractivity contribution is 5.94. The molecular weight excluding hydrogens is 260 g/mol. The highest BCUT2D eigenvalue weighted by Gasteiger charge is 2.19. The van der Waals surface area contributed by atoms with Crippen molar-refractivity contribution in [2.45, 2.75) is 46.6 Å². The van der Waals surface area contributed by atoms with Crippen LogP contribution in [0.3, 0.4) is 0 Å². The van der Waals surface area contributed by atoms with E-state index in [1.807, 2.05) is 32.9 Å². The van der Waals surface area contributed by atoms with Crippen LogP contribution in [0.4, 0.5) is 5.69 Å². The van der Waals surface area contributed by atoms with Crippen LogP contribution >= 0.6 is 12.4 Å². The van der Waals surface area contributed by atoms with Crippen molar-refractivity contribution in [3.05, 3.63) is 29.3 Å². The number of anilines is 1. The average Bonchev–Trinajstić information content (AvgIpc) is 2.30. The number of hydrogen-bond acceptors (Lipinski definition) is 2. The molecule has 0 spiro atoms. The van der Waals surface area contributed by atoms with Crippen LogP contribution in [-0.4, -0.2) is 11.9 Å². The number of hydrogen-bond donors (Lipinski definition) is 2. The second kappa shape index (κ2) is 7.51. The molecule has 108 valence electrons. The van der Waals surface area contributed by atoms with Crippen molar-refractivity contribution in [1.29, 1.82) is 0 Å². The Kier molecular flexibility index (Phi) is 7.09. The maximum absolute atomic E-state index is 12.1. The van der Waals surface area contributed by atoms with Crippen molar-refractivity contribution < 1.29 is 4.79 Å². The summed E-state index contributed by atoms with van der Waals surface area (Å²) in [6.07, 6.45) is 0. The molecule has 2 unspecified atom stereocenters. The number of halogens is 1. The predicted molar refractivity (Wildman–Crippen MR) is 84.0 cm³/mol. The van der Waals surface area contributed by atoms with Gasteiger partial charge in [0.05, 0.1) is 5.92 Å². The number of amides is 1. The quantitative estimate of drug-likeness (QED) is 0.889. The zero-order chi connectivity index (χ0) is 13.9. The van der Waals surface area contributed by atoms with E-state index in [-0.39, 0.29) is 30.3 Å². The Balaban J connectivity index is 0.00000324. The van der Waals surface area contributed by atoms with E-state index in [9.17, 15) is 4.79 Å². The Morgan fingerprint density at radius 2 is 1.79 bits per heavy atom. The van der Waals surface area contributed by atoms with Gasteiger partial charge in [-0.2, -0.15) is 0 Å². The highest BCUT2D eigenvalue weighted by atomic mass is 35.5. The van der Waals surface area contributed by atoms with Crippen LogP contribution in [0.15, 0.2) is 18.2 Å². The first kappa shape index (κ1) is 17.9. The van der Waals surface area contributed by atoms with Gasteiger partial charge in [-0.1, -0.05) is 39.0 Å². The molecule has 3 N–H and O–H groups in total. The highest BCUT2D eigenvalue weighted by Crippen LogP contribution is 2.27. The smallest absolute Gasteiger partial charge is 0.228 e. The summed E-state index contributed by atoms with van der Waals surface area (Å²) < 4.78 is 0. The summed E-state index contributed by atoms with van der Waals surface area (Å²) in [6.45, 7) is 9.97. The lowest BCUT2D eigenvalue weighted by Gasteiger charge is -2.20. The summed E-state index contributed by atoms with van der Waals surface area (Å²) in [4.78, 5) is 12.1. The summed E-state index contributed by atoms with van der Waals surface area (Å²) in [5.74, 6) is 0.177. The zero-order valence-corrected chi connectivity index (χ0v) is 13.2. The van der Waals surface area contributed by atoms with E-state index in [1.54, 1.807) is 0 Å². The van der Waals surface area contributed by atoms with E-state index < -0.39 is 0 Å². The summed E-state index contributed by atoms with van der Waals surface area (Å²) in [5.41, 5.74) is 8.96. The fraction of sp³-hybridized carbons (Fsp3) is 0.533. The van der Waals surface area contributed by atoms with Gasteiger partial charge in [0, 0.05) is 11.7 Å². The summed E-state index contributed by atoms with van der Waals surface area (Å²) >= 11 is 0. The molecule has 4 heteroatoms. The average molecular weight is 285 g/mol. The monoisotopic (exact) mass is 284 g/mol. The van der Waals surface area contributed by atoms with Crippen LogP contribution in [0.2, 0.25) is 0 Å². The number of benzene rings is 1. The fourth-order valence-corrected chi connectivity index (χ4v) is 1.82. The van der Waals surface area contributed by atoms with Gasteiger partial charge in [0.2, 0.25) is 5.91 Å². The third-order valence-corrected chi connectivity index (χ3v) is 3.38. The molecule has 0 fully saturated rings. The molecule has 1 amide bonds. The normalized spacial score (nSPS) is 13.6. The molecule has 1 aromatic carbocycles. The SMILES string of the molecule is Cc1cccc(C(C)C)c1NC(=O)C(C)C(C)N.Cl. The van der Waals surface area contributed by atoms with Crippen LogP contribution in [0.5, 0.6) is 0 Å². The van der Waals surface area contributed by atoms with Crippen molar-refractivity contribution in [2.24, 2.45) is 11.7 Å². The summed E-state index contributed by atoms with van der Waals surface area (Å²) in [6, 6.07) is 5.95. The van der Waals surface area contributed by atoms with Crippen molar-refractivity contribution in [1.82, 2.24) is 0 Å². The first-order valence-corrected chi connectivity index (χ1v) is 6.50. The largest absolute Gasteiger partial charge is 0.327 e. The van der Waals surface area contributed by atoms with Gasteiger partial charge in [-0.25, -0.2) is 0 Å². The number of nitrogens with two attached hydrogens (primary N) is 1. The Bertz CT molecular complexity index is 430. The molecular formula is C15H25ClN2O. The molecule has 1 aromatic rings. The van der Waals surface area contributed by atoms with Crippen molar-refractivity contribution >= 4 is 24.0 Å². The van der Waals surface area contributed by atoms with Gasteiger partial charge in [-0.3, -0.25) is 4.79 Å². The molecule has 0 saturated heterocycles. The predicted octanol–water partition coefficient (Wildman–Crippen LogP) is 3.46. The van der Waals surface area contributed by atoms with Crippen LogP contribution in [0.25, 0.3) is 0 Å². The van der Waals surface area contributed by atoms with E-state index in [1.165, 1.54) is 5.56 Å². The zero-order valence-electron chi connectivity index (χ0n) is 12.4. The molecule has 1 rings (SSSR count). The van der Waals surface area contributed by atoms with E-state index >= 15 is 0 Å². The van der Waals surface area contributed by atoms with Gasteiger partial charge in [-0.05, 0) is 30.9 Å². The maximum Gasteiger partial charge on any atom is 0.228 e. The Morgan fingerprint density at radius 1 is 1.21 bits per heavy atom. The van der Waals surface area contributed by atoms with Gasteiger partial charge in [0.15, 0.2) is 0 Å². The fourth-order valence-electron chi connectivity index (χ4n) is 1.82. The minimum atomic E-state index is -0.190. The molecule has 3 nitrogen and oxygen atoms in total. The molecule has 0 bridgehead atoms. The first-order chi connectivity index (χ1) is 8.34. The molecule has 0 heterocycles. The number of aryl methyl sites for hydroxylation is 1. The number of carbonyl (C=O) groups excluding carboxylic acids is 1. The minimum Gasteiger partial charge on any atom is -0.327 e. The topological polar surface area (TPSA) is 55.1 Å². The summed E-state index contributed by atoms with van der Waals surface area (Å²) in [7, 11) is 0. The number of carbonyl (C=O) groups is 1. The van der Waals surface area contributed by atoms with Crippen molar-refractivity contribution in [2.75, 3.05) is 5.32 Å². The van der Waals surface area contributed by atoms with Gasteiger partial charge < -0.3 is 11.1 Å². The Morgan fingerprint density at radius 3 is 2.26 bits per heavy atom. The second-order valence-corrected chi connectivity index (χ2v) is 5.33. The molecule has 19 heavy (non-hydrogen) atoms. The van der Waals surface area contributed by atoms with E-state index in [0.29, 0.717) is 5.92 Å². The number of para-hydroxylation sites is 1. The van der Waals surface area contributed by atoms with Crippen molar-refractivity contribution in [3.63, 3.8) is 0 Å². The lowest BCUT2D eigenvalue weighted by atomic mass is 9.97. The lowest BCUT2D eigenvalue weighted by molar-refractivity contribution is -0.119. The van der Waals surface area contributed by atoms with Gasteiger partial charge in [-0.15, -0.1) is 12.4 Å². The molecule has 0 saturated carbocycles. The maximum atomic E-state index is 12.1. The lowest BCUT2D eigenvalue weighted by Crippen LogP contribution is -2.34. The molecule has 0 aliphatic rings. The Hall–Kier alpha value is -1.06. The van der Waals surface area contributed by atoms with Crippen molar-refractivity contribution in [3.8, 4) is 0 Å². The molecule has 2 atom stereocenters. The number of nitrogens with one attached hydrogen (secondary N) is 1. The summed E-state index contributed by atoms with van der Waals surface area (Å²) in [5, 5.41) is 3.02. The molecule has 0 aliphatic carbocycles. The number of rotatable bonds is 4. The van der Waals surface area contributed by atoms with Crippen LogP contribution in [0.1, 0.15) is 44.7 Å². The minimum absolute atomic E-state index is 0. The van der Waals surface area contributed by atoms with E-state index in [4.69, 9.17) is 5.73 Å². The first-order valence-electron chi connectivity index (χ1n) is 6.50. The van der Waals surface area contributed by atoms with E-state index in [2.05, 4.69) is 25.2 Å². The van der Waals surface area contributed by atoms with Crippen LogP contribution < -0.4 is 11.1 Å². The molecule has 0 aliphatic heterocycles.